The molecule has 2 atom stereocenters. The van der Waals surface area contributed by atoms with Gasteiger partial charge in [-0.15, -0.1) is 10.2 Å². The van der Waals surface area contributed by atoms with Gasteiger partial charge in [0.1, 0.15) is 17.6 Å². The summed E-state index contributed by atoms with van der Waals surface area (Å²) in [5.74, 6) is 0.0418. The number of fused-ring (bicyclic) bond motifs is 2. The molecule has 226 valence electrons. The number of hydrogen-bond acceptors (Lipinski definition) is 8. The average molecular weight is 634 g/mol. The molecule has 0 bridgehead atoms. The lowest BCUT2D eigenvalue weighted by molar-refractivity contribution is -0.132. The van der Waals surface area contributed by atoms with Crippen molar-refractivity contribution < 1.29 is 19.4 Å². The van der Waals surface area contributed by atoms with Gasteiger partial charge in [-0.3, -0.25) is 14.5 Å². The summed E-state index contributed by atoms with van der Waals surface area (Å²) in [6, 6.07) is 26.8. The third kappa shape index (κ3) is 5.40. The van der Waals surface area contributed by atoms with Gasteiger partial charge in [-0.1, -0.05) is 104 Å². The van der Waals surface area contributed by atoms with Gasteiger partial charge < -0.3 is 9.84 Å². The third-order valence-corrected chi connectivity index (χ3v) is 10.5. The van der Waals surface area contributed by atoms with Crippen molar-refractivity contribution in [3.05, 3.63) is 118 Å². The molecule has 2 unspecified atom stereocenters. The Hall–Kier alpha value is -4.47. The molecule has 2 aliphatic heterocycles. The van der Waals surface area contributed by atoms with Crippen molar-refractivity contribution >= 4 is 56.5 Å². The second-order valence-corrected chi connectivity index (χ2v) is 13.9. The van der Waals surface area contributed by atoms with E-state index in [0.29, 0.717) is 38.7 Å². The minimum absolute atomic E-state index is 0.0318. The van der Waals surface area contributed by atoms with Gasteiger partial charge in [0.15, 0.2) is 4.34 Å². The number of Topliss-reactive ketones (excluding diaryl/α,β-unsaturated/α-hetero) is 1. The first-order chi connectivity index (χ1) is 21.8. The van der Waals surface area contributed by atoms with Crippen LogP contribution in [0.3, 0.4) is 0 Å². The van der Waals surface area contributed by atoms with Crippen LogP contribution in [0, 0.1) is 0 Å². The molecule has 4 aromatic carbocycles. The SMILES string of the molecule is CC1Cc2cc(/C(O)=C3\C(=O)C(=O)N(c4nnc(SCc5cccc6ccccc56)s4)C3c3ccc(C(C)C)cc3)ccc2O1. The monoisotopic (exact) mass is 633 g/mol. The van der Waals surface area contributed by atoms with E-state index in [1.54, 1.807) is 12.1 Å². The van der Waals surface area contributed by atoms with Crippen molar-refractivity contribution in [2.75, 3.05) is 4.90 Å². The predicted molar refractivity (Wildman–Crippen MR) is 179 cm³/mol. The summed E-state index contributed by atoms with van der Waals surface area (Å²) in [6.45, 7) is 6.21. The number of amides is 1. The highest BCUT2D eigenvalue weighted by atomic mass is 32.2. The molecule has 0 aliphatic carbocycles. The van der Waals surface area contributed by atoms with Crippen LogP contribution >= 0.6 is 23.1 Å². The molecule has 7 nitrogen and oxygen atoms in total. The fourth-order valence-electron chi connectivity index (χ4n) is 6.05. The molecule has 0 saturated carbocycles. The number of aliphatic hydroxyl groups excluding tert-OH is 1. The Morgan fingerprint density at radius 1 is 1.02 bits per heavy atom. The highest BCUT2D eigenvalue weighted by Crippen LogP contribution is 2.45. The number of hydrogen-bond donors (Lipinski definition) is 1. The standard InChI is InChI=1S/C36H31N3O4S2/c1-20(2)22-11-13-24(14-12-22)31-30(32(40)25-15-16-29-27(18-25)17-21(3)43-29)33(41)34(42)39(31)35-37-38-36(45-35)44-19-26-9-6-8-23-7-4-5-10-28(23)26/h4-16,18,20-21,31,40H,17,19H2,1-3H3/b32-30+. The summed E-state index contributed by atoms with van der Waals surface area (Å²) in [5, 5.41) is 23.1. The first-order valence-corrected chi connectivity index (χ1v) is 16.7. The minimum Gasteiger partial charge on any atom is -0.507 e. The van der Waals surface area contributed by atoms with Gasteiger partial charge in [0.05, 0.1) is 11.6 Å². The second kappa shape index (κ2) is 11.8. The van der Waals surface area contributed by atoms with Crippen molar-refractivity contribution in [2.45, 2.75) is 55.3 Å². The molecule has 0 spiro atoms. The molecule has 0 radical (unpaired) electrons. The van der Waals surface area contributed by atoms with Crippen molar-refractivity contribution in [2.24, 2.45) is 0 Å². The van der Waals surface area contributed by atoms with Crippen molar-refractivity contribution in [1.29, 1.82) is 0 Å². The summed E-state index contributed by atoms with van der Waals surface area (Å²) in [6.07, 6.45) is 0.738. The molecule has 2 aliphatic rings. The van der Waals surface area contributed by atoms with Crippen LogP contribution in [0.5, 0.6) is 5.75 Å². The van der Waals surface area contributed by atoms with Gasteiger partial charge in [-0.2, -0.15) is 0 Å². The lowest BCUT2D eigenvalue weighted by atomic mass is 9.93. The molecule has 1 N–H and O–H groups in total. The normalized spacial score (nSPS) is 19.0. The first-order valence-electron chi connectivity index (χ1n) is 14.9. The number of carbonyl (C=O) groups excluding carboxylic acids is 2. The number of benzene rings is 4. The molecular weight excluding hydrogens is 603 g/mol. The Morgan fingerprint density at radius 2 is 1.80 bits per heavy atom. The second-order valence-electron chi connectivity index (χ2n) is 11.7. The number of ether oxygens (including phenoxy) is 1. The van der Waals surface area contributed by atoms with Crippen LogP contribution in [0.25, 0.3) is 16.5 Å². The van der Waals surface area contributed by atoms with Gasteiger partial charge in [-0.05, 0) is 64.1 Å². The maximum Gasteiger partial charge on any atom is 0.301 e. The van der Waals surface area contributed by atoms with Crippen LogP contribution in [-0.4, -0.2) is 33.1 Å². The molecule has 3 heterocycles. The van der Waals surface area contributed by atoms with Gasteiger partial charge >= 0.3 is 5.91 Å². The Labute approximate surface area is 269 Å². The van der Waals surface area contributed by atoms with E-state index in [0.717, 1.165) is 16.9 Å². The van der Waals surface area contributed by atoms with Crippen LogP contribution in [-0.2, 0) is 21.8 Å². The molecule has 1 aromatic heterocycles. The first kappa shape index (κ1) is 29.3. The Balaban J connectivity index is 1.26. The van der Waals surface area contributed by atoms with E-state index in [1.165, 1.54) is 44.3 Å². The molecule has 1 saturated heterocycles. The highest BCUT2D eigenvalue weighted by molar-refractivity contribution is 8.00. The largest absolute Gasteiger partial charge is 0.507 e. The van der Waals surface area contributed by atoms with Crippen molar-refractivity contribution in [3.8, 4) is 5.75 Å². The number of nitrogens with zero attached hydrogens (tertiary/aromatic N) is 3. The number of rotatable bonds is 7. The lowest BCUT2D eigenvalue weighted by Crippen LogP contribution is -2.29. The van der Waals surface area contributed by atoms with E-state index in [1.807, 2.05) is 55.5 Å². The summed E-state index contributed by atoms with van der Waals surface area (Å²) >= 11 is 2.80. The molecule has 7 rings (SSSR count). The number of ketones is 1. The fourth-order valence-corrected chi connectivity index (χ4v) is 7.92. The molecule has 45 heavy (non-hydrogen) atoms. The van der Waals surface area contributed by atoms with Crippen LogP contribution in [0.1, 0.15) is 60.5 Å². The summed E-state index contributed by atoms with van der Waals surface area (Å²) in [5.41, 5.74) is 4.47. The predicted octanol–water partition coefficient (Wildman–Crippen LogP) is 8.06. The quantitative estimate of drug-likeness (QED) is 0.0637. The van der Waals surface area contributed by atoms with Crippen LogP contribution in [0.2, 0.25) is 0 Å². The maximum atomic E-state index is 13.7. The average Bonchev–Trinajstić information content (AvgIpc) is 3.74. The van der Waals surface area contributed by atoms with E-state index in [-0.39, 0.29) is 17.4 Å². The number of anilines is 1. The molecular formula is C36H31N3O4S2. The molecule has 1 fully saturated rings. The zero-order chi connectivity index (χ0) is 31.2. The Morgan fingerprint density at radius 3 is 2.60 bits per heavy atom. The molecule has 1 amide bonds. The van der Waals surface area contributed by atoms with Gasteiger partial charge in [0.25, 0.3) is 5.78 Å². The molecule has 9 heteroatoms. The Kier molecular flexibility index (Phi) is 7.67. The van der Waals surface area contributed by atoms with Gasteiger partial charge in [0.2, 0.25) is 5.13 Å². The van der Waals surface area contributed by atoms with E-state index in [4.69, 9.17) is 4.74 Å². The van der Waals surface area contributed by atoms with E-state index in [2.05, 4.69) is 48.3 Å². The smallest absolute Gasteiger partial charge is 0.301 e. The topological polar surface area (TPSA) is 92.6 Å². The van der Waals surface area contributed by atoms with E-state index >= 15 is 0 Å². The van der Waals surface area contributed by atoms with Crippen molar-refractivity contribution in [3.63, 3.8) is 0 Å². The zero-order valence-corrected chi connectivity index (χ0v) is 26.7. The number of aromatic nitrogens is 2. The Bertz CT molecular complexity index is 1980. The zero-order valence-electron chi connectivity index (χ0n) is 25.1. The van der Waals surface area contributed by atoms with Crippen LogP contribution in [0.4, 0.5) is 5.13 Å². The van der Waals surface area contributed by atoms with Gasteiger partial charge in [-0.25, -0.2) is 0 Å². The maximum absolute atomic E-state index is 13.7. The number of thioether (sulfide) groups is 1. The van der Waals surface area contributed by atoms with Gasteiger partial charge in [0, 0.05) is 17.7 Å². The molecule has 5 aromatic rings. The van der Waals surface area contributed by atoms with Crippen molar-refractivity contribution in [1.82, 2.24) is 10.2 Å². The van der Waals surface area contributed by atoms with Crippen LogP contribution < -0.4 is 9.64 Å². The van der Waals surface area contributed by atoms with E-state index in [9.17, 15) is 14.7 Å². The summed E-state index contributed by atoms with van der Waals surface area (Å²) in [7, 11) is 0. The van der Waals surface area contributed by atoms with E-state index < -0.39 is 17.7 Å². The minimum atomic E-state index is -0.862. The van der Waals surface area contributed by atoms with Crippen LogP contribution in [0.15, 0.2) is 94.8 Å². The summed E-state index contributed by atoms with van der Waals surface area (Å²) < 4.78 is 6.51. The number of carbonyl (C=O) groups is 2. The number of aliphatic hydroxyl groups is 1. The fraction of sp³-hybridized carbons (Fsp3) is 0.222. The third-order valence-electron chi connectivity index (χ3n) is 8.37. The lowest BCUT2D eigenvalue weighted by Gasteiger charge is -2.23. The highest BCUT2D eigenvalue weighted by Gasteiger charge is 2.48. The summed E-state index contributed by atoms with van der Waals surface area (Å²) in [4.78, 5) is 28.8.